The van der Waals surface area contributed by atoms with E-state index in [0.717, 1.165) is 0 Å². The number of anilines is 1. The fourth-order valence-corrected chi connectivity index (χ4v) is 4.70. The Kier molecular flexibility index (Phi) is 6.31. The molecule has 0 bridgehead atoms. The smallest absolute Gasteiger partial charge is 0.243 e. The van der Waals surface area contributed by atoms with Gasteiger partial charge < -0.3 is 10.1 Å². The number of carbonyl (C=O) groups excluding carboxylic acids is 1. The van der Waals surface area contributed by atoms with Crippen LogP contribution < -0.4 is 10.1 Å². The number of halogens is 1. The first-order chi connectivity index (χ1) is 13.4. The molecule has 0 aromatic heterocycles. The number of hydrogen-bond donors (Lipinski definition) is 1. The molecule has 1 fully saturated rings. The third-order valence-electron chi connectivity index (χ3n) is 4.64. The molecule has 0 saturated carbocycles. The molecule has 1 amide bonds. The van der Waals surface area contributed by atoms with Crippen LogP contribution in [0.3, 0.4) is 0 Å². The molecule has 2 aromatic carbocycles. The van der Waals surface area contributed by atoms with E-state index in [2.05, 4.69) is 5.32 Å². The number of hydrogen-bond acceptors (Lipinski definition) is 4. The van der Waals surface area contributed by atoms with Gasteiger partial charge in [-0.1, -0.05) is 0 Å². The molecule has 1 saturated heterocycles. The lowest BCUT2D eigenvalue weighted by Crippen LogP contribution is -2.43. The number of nitrogens with one attached hydrogen (secondary N) is 1. The zero-order valence-corrected chi connectivity index (χ0v) is 16.4. The van der Waals surface area contributed by atoms with Crippen LogP contribution in [0.5, 0.6) is 5.75 Å². The largest absolute Gasteiger partial charge is 0.494 e. The molecule has 0 radical (unpaired) electrons. The fourth-order valence-electron chi connectivity index (χ4n) is 3.18. The van der Waals surface area contributed by atoms with E-state index in [0.29, 0.717) is 37.4 Å². The normalized spacial score (nSPS) is 17.9. The minimum atomic E-state index is -3.69. The van der Waals surface area contributed by atoms with Crippen molar-refractivity contribution in [3.63, 3.8) is 0 Å². The number of nitrogens with zero attached hydrogens (tertiary/aromatic N) is 1. The summed E-state index contributed by atoms with van der Waals surface area (Å²) in [4.78, 5) is 12.7. The lowest BCUT2D eigenvalue weighted by molar-refractivity contribution is -0.120. The van der Waals surface area contributed by atoms with Crippen LogP contribution in [0, 0.1) is 11.7 Å². The first-order valence-corrected chi connectivity index (χ1v) is 10.6. The number of amides is 1. The Balaban J connectivity index is 1.69. The molecule has 3 rings (SSSR count). The first kappa shape index (κ1) is 20.3. The molecule has 0 spiro atoms. The number of piperidine rings is 1. The van der Waals surface area contributed by atoms with E-state index in [4.69, 9.17) is 4.74 Å². The molecule has 0 unspecified atom stereocenters. The van der Waals surface area contributed by atoms with E-state index < -0.39 is 15.9 Å². The average Bonchev–Trinajstić information content (AvgIpc) is 2.70. The second kappa shape index (κ2) is 8.70. The van der Waals surface area contributed by atoms with Crippen LogP contribution >= 0.6 is 0 Å². The van der Waals surface area contributed by atoms with Crippen LogP contribution in [0.25, 0.3) is 0 Å². The predicted octanol–water partition coefficient (Wildman–Crippen LogP) is 3.26. The average molecular weight is 406 g/mol. The highest BCUT2D eigenvalue weighted by molar-refractivity contribution is 7.89. The summed E-state index contributed by atoms with van der Waals surface area (Å²) in [5.74, 6) is -0.505. The Morgan fingerprint density at radius 1 is 1.18 bits per heavy atom. The fraction of sp³-hybridized carbons (Fsp3) is 0.350. The number of sulfonamides is 1. The van der Waals surface area contributed by atoms with Crippen molar-refractivity contribution in [2.24, 2.45) is 5.92 Å². The Morgan fingerprint density at radius 3 is 2.50 bits per heavy atom. The molecule has 28 heavy (non-hydrogen) atoms. The van der Waals surface area contributed by atoms with Gasteiger partial charge in [0.15, 0.2) is 0 Å². The molecule has 150 valence electrons. The summed E-state index contributed by atoms with van der Waals surface area (Å²) < 4.78 is 45.6. The van der Waals surface area contributed by atoms with Crippen LogP contribution in [0.2, 0.25) is 0 Å². The molecule has 1 N–H and O–H groups in total. The SMILES string of the molecule is CCOc1ccc(S(=O)(=O)N2CCC[C@@H](C(=O)Nc3ccc(F)cc3)C2)cc1. The standard InChI is InChI=1S/C20H23FN2O4S/c1-2-27-18-9-11-19(12-10-18)28(25,26)23-13-3-4-15(14-23)20(24)22-17-7-5-16(21)6-8-17/h5-12,15H,2-4,13-14H2,1H3,(H,22,24)/t15-/m1/s1. The summed E-state index contributed by atoms with van der Waals surface area (Å²) in [7, 11) is -3.69. The lowest BCUT2D eigenvalue weighted by Gasteiger charge is -2.31. The maximum atomic E-state index is 13.0. The number of carbonyl (C=O) groups is 1. The van der Waals surface area contributed by atoms with Gasteiger partial charge in [0.25, 0.3) is 0 Å². The monoisotopic (exact) mass is 406 g/mol. The van der Waals surface area contributed by atoms with E-state index in [1.807, 2.05) is 6.92 Å². The minimum Gasteiger partial charge on any atom is -0.494 e. The van der Waals surface area contributed by atoms with Gasteiger partial charge in [0.2, 0.25) is 15.9 Å². The lowest BCUT2D eigenvalue weighted by atomic mass is 9.99. The first-order valence-electron chi connectivity index (χ1n) is 9.19. The van der Waals surface area contributed by atoms with Crippen molar-refractivity contribution in [3.05, 3.63) is 54.3 Å². The quantitative estimate of drug-likeness (QED) is 0.799. The third kappa shape index (κ3) is 4.69. The van der Waals surface area contributed by atoms with Crippen molar-refractivity contribution < 1.29 is 22.3 Å². The summed E-state index contributed by atoms with van der Waals surface area (Å²) >= 11 is 0. The van der Waals surface area contributed by atoms with E-state index >= 15 is 0 Å². The van der Waals surface area contributed by atoms with E-state index in [9.17, 15) is 17.6 Å². The van der Waals surface area contributed by atoms with Gasteiger partial charge in [0.05, 0.1) is 17.4 Å². The second-order valence-electron chi connectivity index (χ2n) is 6.60. The maximum absolute atomic E-state index is 13.0. The molecule has 2 aromatic rings. The molecule has 0 aliphatic carbocycles. The molecular weight excluding hydrogens is 383 g/mol. The Bertz CT molecular complexity index is 914. The molecule has 1 aliphatic heterocycles. The van der Waals surface area contributed by atoms with Crippen LogP contribution in [0.4, 0.5) is 10.1 Å². The van der Waals surface area contributed by atoms with Crippen molar-refractivity contribution in [1.82, 2.24) is 4.31 Å². The van der Waals surface area contributed by atoms with Crippen LogP contribution in [-0.2, 0) is 14.8 Å². The Morgan fingerprint density at radius 2 is 1.86 bits per heavy atom. The molecule has 1 atom stereocenters. The van der Waals surface area contributed by atoms with Crippen LogP contribution in [0.15, 0.2) is 53.4 Å². The van der Waals surface area contributed by atoms with Gasteiger partial charge in [-0.05, 0) is 68.3 Å². The van der Waals surface area contributed by atoms with E-state index in [-0.39, 0.29) is 23.2 Å². The summed E-state index contributed by atoms with van der Waals surface area (Å²) in [6, 6.07) is 11.8. The zero-order chi connectivity index (χ0) is 20.1. The van der Waals surface area contributed by atoms with Gasteiger partial charge in [-0.15, -0.1) is 0 Å². The van der Waals surface area contributed by atoms with Gasteiger partial charge >= 0.3 is 0 Å². The molecular formula is C20H23FN2O4S. The summed E-state index contributed by atoms with van der Waals surface area (Å²) in [5, 5.41) is 2.73. The minimum absolute atomic E-state index is 0.114. The molecule has 8 heteroatoms. The zero-order valence-electron chi connectivity index (χ0n) is 15.6. The summed E-state index contributed by atoms with van der Waals surface area (Å²) in [6.45, 7) is 2.84. The second-order valence-corrected chi connectivity index (χ2v) is 8.54. The van der Waals surface area contributed by atoms with Gasteiger partial charge in [0.1, 0.15) is 11.6 Å². The summed E-state index contributed by atoms with van der Waals surface area (Å²) in [6.07, 6.45) is 1.19. The van der Waals surface area contributed by atoms with Crippen molar-refractivity contribution >= 4 is 21.6 Å². The van der Waals surface area contributed by atoms with Crippen LogP contribution in [0.1, 0.15) is 19.8 Å². The molecule has 6 nitrogen and oxygen atoms in total. The number of ether oxygens (including phenoxy) is 1. The van der Waals surface area contributed by atoms with Crippen LogP contribution in [-0.4, -0.2) is 38.3 Å². The predicted molar refractivity (Wildman–Crippen MR) is 104 cm³/mol. The van der Waals surface area contributed by atoms with Crippen molar-refractivity contribution in [2.45, 2.75) is 24.7 Å². The van der Waals surface area contributed by atoms with E-state index in [1.165, 1.54) is 40.7 Å². The third-order valence-corrected chi connectivity index (χ3v) is 6.52. The molecule has 1 heterocycles. The van der Waals surface area contributed by atoms with Crippen molar-refractivity contribution in [3.8, 4) is 5.75 Å². The topological polar surface area (TPSA) is 75.7 Å². The Labute approximate surface area is 164 Å². The maximum Gasteiger partial charge on any atom is 0.243 e. The number of benzene rings is 2. The highest BCUT2D eigenvalue weighted by Crippen LogP contribution is 2.26. The number of rotatable bonds is 6. The van der Waals surface area contributed by atoms with Gasteiger partial charge in [-0.2, -0.15) is 4.31 Å². The van der Waals surface area contributed by atoms with Crippen molar-refractivity contribution in [2.75, 3.05) is 25.0 Å². The Hall–Kier alpha value is -2.45. The van der Waals surface area contributed by atoms with Gasteiger partial charge in [0, 0.05) is 18.8 Å². The van der Waals surface area contributed by atoms with Gasteiger partial charge in [-0.25, -0.2) is 12.8 Å². The summed E-state index contributed by atoms with van der Waals surface area (Å²) in [5.41, 5.74) is 0.484. The van der Waals surface area contributed by atoms with Gasteiger partial charge in [-0.3, -0.25) is 4.79 Å². The van der Waals surface area contributed by atoms with Crippen molar-refractivity contribution in [1.29, 1.82) is 0 Å². The molecule has 1 aliphatic rings. The highest BCUT2D eigenvalue weighted by atomic mass is 32.2. The highest BCUT2D eigenvalue weighted by Gasteiger charge is 2.33. The van der Waals surface area contributed by atoms with E-state index in [1.54, 1.807) is 12.1 Å².